The van der Waals surface area contributed by atoms with Crippen molar-refractivity contribution in [3.8, 4) is 5.75 Å². The number of cyclic esters (lactones) is 1. The first-order valence-electron chi connectivity index (χ1n) is 10.5. The van der Waals surface area contributed by atoms with Gasteiger partial charge in [0.25, 0.3) is 0 Å². The average Bonchev–Trinajstić information content (AvgIpc) is 3.14. The van der Waals surface area contributed by atoms with E-state index in [-0.39, 0.29) is 19.1 Å². The number of hydrogen-bond donors (Lipinski definition) is 2. The summed E-state index contributed by atoms with van der Waals surface area (Å²) in [5.41, 5.74) is 4.06. The van der Waals surface area contributed by atoms with E-state index in [4.69, 9.17) is 9.47 Å². The van der Waals surface area contributed by atoms with E-state index in [9.17, 15) is 14.4 Å². The van der Waals surface area contributed by atoms with Gasteiger partial charge in [-0.1, -0.05) is 35.9 Å². The lowest BCUT2D eigenvalue weighted by molar-refractivity contribution is -0.136. The van der Waals surface area contributed by atoms with Crippen molar-refractivity contribution in [3.63, 3.8) is 0 Å². The molecule has 4 rings (SSSR count). The standard InChI is InChI=1S/C24H25N3O5/c1-4-31-19-8-6-5-7-16(19)22-21-18(13-32-23(21)29)27(24(30)26-22)12-20(28)25-17-10-9-14(2)11-15(17)3/h5-11,22H,4,12-13H2,1-3H3,(H,25,28)(H,26,30). The minimum atomic E-state index is -0.714. The Labute approximate surface area is 186 Å². The number of hydrogen-bond acceptors (Lipinski definition) is 5. The third-order valence-corrected chi connectivity index (χ3v) is 5.49. The minimum absolute atomic E-state index is 0.0638. The summed E-state index contributed by atoms with van der Waals surface area (Å²) in [6.07, 6.45) is 0. The molecule has 0 bridgehead atoms. The van der Waals surface area contributed by atoms with Crippen LogP contribution < -0.4 is 15.4 Å². The Balaban J connectivity index is 1.61. The van der Waals surface area contributed by atoms with Gasteiger partial charge in [0, 0.05) is 11.3 Å². The van der Waals surface area contributed by atoms with Crippen LogP contribution in [0.1, 0.15) is 29.7 Å². The van der Waals surface area contributed by atoms with Gasteiger partial charge in [0.2, 0.25) is 5.91 Å². The van der Waals surface area contributed by atoms with Crippen LogP contribution in [0.15, 0.2) is 53.7 Å². The maximum absolute atomic E-state index is 13.0. The molecule has 0 saturated carbocycles. The Morgan fingerprint density at radius 2 is 2.00 bits per heavy atom. The Kier molecular flexibility index (Phi) is 5.85. The lowest BCUT2D eigenvalue weighted by Gasteiger charge is -2.33. The Morgan fingerprint density at radius 3 is 2.75 bits per heavy atom. The first-order chi connectivity index (χ1) is 15.4. The molecule has 2 N–H and O–H groups in total. The van der Waals surface area contributed by atoms with Gasteiger partial charge in [-0.3, -0.25) is 9.69 Å². The van der Waals surface area contributed by atoms with Crippen LogP contribution in [0.2, 0.25) is 0 Å². The summed E-state index contributed by atoms with van der Waals surface area (Å²) in [6, 6.07) is 11.7. The number of rotatable bonds is 6. The van der Waals surface area contributed by atoms with Crippen molar-refractivity contribution in [1.82, 2.24) is 10.2 Å². The number of ether oxygens (including phenoxy) is 2. The van der Waals surface area contributed by atoms with E-state index in [1.807, 2.05) is 51.1 Å². The van der Waals surface area contributed by atoms with Crippen LogP contribution in [-0.4, -0.2) is 42.6 Å². The maximum Gasteiger partial charge on any atom is 0.338 e. The highest BCUT2D eigenvalue weighted by Crippen LogP contribution is 2.38. The summed E-state index contributed by atoms with van der Waals surface area (Å²) in [7, 11) is 0. The van der Waals surface area contributed by atoms with E-state index in [0.717, 1.165) is 11.1 Å². The fourth-order valence-electron chi connectivity index (χ4n) is 4.00. The highest BCUT2D eigenvalue weighted by molar-refractivity contribution is 6.00. The van der Waals surface area contributed by atoms with Crippen molar-refractivity contribution in [2.75, 3.05) is 25.1 Å². The van der Waals surface area contributed by atoms with Gasteiger partial charge in [-0.05, 0) is 38.5 Å². The molecule has 8 nitrogen and oxygen atoms in total. The van der Waals surface area contributed by atoms with Crippen molar-refractivity contribution in [2.24, 2.45) is 0 Å². The number of carbonyl (C=O) groups is 3. The second-order valence-corrected chi connectivity index (χ2v) is 7.74. The van der Waals surface area contributed by atoms with Crippen molar-refractivity contribution in [3.05, 3.63) is 70.4 Å². The van der Waals surface area contributed by atoms with Crippen LogP contribution in [0.4, 0.5) is 10.5 Å². The fraction of sp³-hybridized carbons (Fsp3) is 0.292. The molecule has 166 valence electrons. The number of esters is 1. The molecule has 2 aliphatic rings. The molecule has 0 saturated heterocycles. The fourth-order valence-corrected chi connectivity index (χ4v) is 4.00. The summed E-state index contributed by atoms with van der Waals surface area (Å²) in [5.74, 6) is -0.310. The molecule has 32 heavy (non-hydrogen) atoms. The van der Waals surface area contributed by atoms with Crippen LogP contribution >= 0.6 is 0 Å². The summed E-state index contributed by atoms with van der Waals surface area (Å²) in [5, 5.41) is 5.68. The van der Waals surface area contributed by atoms with E-state index < -0.39 is 18.0 Å². The number of carbonyl (C=O) groups excluding carboxylic acids is 3. The van der Waals surface area contributed by atoms with Crippen LogP contribution in [0.5, 0.6) is 5.75 Å². The first-order valence-corrected chi connectivity index (χ1v) is 10.5. The molecule has 8 heteroatoms. The summed E-state index contributed by atoms with van der Waals surface area (Å²) >= 11 is 0. The number of anilines is 1. The molecule has 0 spiro atoms. The Hall–Kier alpha value is -3.81. The van der Waals surface area contributed by atoms with E-state index in [0.29, 0.717) is 34.9 Å². The third-order valence-electron chi connectivity index (χ3n) is 5.49. The van der Waals surface area contributed by atoms with Crippen molar-refractivity contribution < 1.29 is 23.9 Å². The van der Waals surface area contributed by atoms with Gasteiger partial charge in [0.05, 0.1) is 23.9 Å². The third kappa shape index (κ3) is 4.03. The van der Waals surface area contributed by atoms with Crippen LogP contribution in [0.3, 0.4) is 0 Å². The lowest BCUT2D eigenvalue weighted by atomic mass is 9.95. The normalized spacial score (nSPS) is 17.6. The van der Waals surface area contributed by atoms with Gasteiger partial charge in [-0.2, -0.15) is 0 Å². The van der Waals surface area contributed by atoms with Crippen LogP contribution in [0.25, 0.3) is 0 Å². The zero-order valence-electron chi connectivity index (χ0n) is 18.2. The number of aryl methyl sites for hydroxylation is 2. The molecule has 2 aliphatic heterocycles. The molecule has 3 amide bonds. The molecular formula is C24H25N3O5. The maximum atomic E-state index is 13.0. The van der Waals surface area contributed by atoms with E-state index >= 15 is 0 Å². The largest absolute Gasteiger partial charge is 0.494 e. The zero-order chi connectivity index (χ0) is 22.8. The number of para-hydroxylation sites is 1. The Bertz CT molecular complexity index is 1120. The lowest BCUT2D eigenvalue weighted by Crippen LogP contribution is -2.49. The van der Waals surface area contributed by atoms with Gasteiger partial charge >= 0.3 is 12.0 Å². The molecule has 0 aromatic heterocycles. The minimum Gasteiger partial charge on any atom is -0.494 e. The van der Waals surface area contributed by atoms with E-state index in [2.05, 4.69) is 10.6 Å². The highest BCUT2D eigenvalue weighted by Gasteiger charge is 2.43. The van der Waals surface area contributed by atoms with Gasteiger partial charge in [0.1, 0.15) is 18.9 Å². The predicted molar refractivity (Wildman–Crippen MR) is 118 cm³/mol. The molecule has 2 heterocycles. The van der Waals surface area contributed by atoms with Crippen LogP contribution in [-0.2, 0) is 14.3 Å². The van der Waals surface area contributed by atoms with Crippen molar-refractivity contribution in [2.45, 2.75) is 26.8 Å². The van der Waals surface area contributed by atoms with Gasteiger partial charge < -0.3 is 20.1 Å². The van der Waals surface area contributed by atoms with Crippen LogP contribution in [0, 0.1) is 13.8 Å². The molecule has 2 aromatic carbocycles. The monoisotopic (exact) mass is 435 g/mol. The SMILES string of the molecule is CCOc1ccccc1C1NC(=O)N(CC(=O)Nc2ccc(C)cc2C)C2=C1C(=O)OC2. The zero-order valence-corrected chi connectivity index (χ0v) is 18.2. The van der Waals surface area contributed by atoms with E-state index in [1.165, 1.54) is 4.90 Å². The summed E-state index contributed by atoms with van der Waals surface area (Å²) in [4.78, 5) is 39.5. The second-order valence-electron chi connectivity index (χ2n) is 7.74. The molecule has 1 unspecified atom stereocenters. The molecule has 2 aromatic rings. The smallest absolute Gasteiger partial charge is 0.338 e. The molecule has 1 atom stereocenters. The first kappa shape index (κ1) is 21.4. The van der Waals surface area contributed by atoms with Crippen molar-refractivity contribution >= 4 is 23.6 Å². The molecule has 0 radical (unpaired) electrons. The highest BCUT2D eigenvalue weighted by atomic mass is 16.5. The molecule has 0 fully saturated rings. The summed E-state index contributed by atoms with van der Waals surface area (Å²) < 4.78 is 10.9. The van der Waals surface area contributed by atoms with Gasteiger partial charge in [-0.15, -0.1) is 0 Å². The number of urea groups is 1. The van der Waals surface area contributed by atoms with Gasteiger partial charge in [-0.25, -0.2) is 9.59 Å². The number of benzene rings is 2. The number of nitrogens with one attached hydrogen (secondary N) is 2. The quantitative estimate of drug-likeness (QED) is 0.679. The number of nitrogens with zero attached hydrogens (tertiary/aromatic N) is 1. The van der Waals surface area contributed by atoms with Crippen molar-refractivity contribution in [1.29, 1.82) is 0 Å². The average molecular weight is 435 g/mol. The topological polar surface area (TPSA) is 97.0 Å². The molecule has 0 aliphatic carbocycles. The molecular weight excluding hydrogens is 410 g/mol. The number of amides is 3. The van der Waals surface area contributed by atoms with E-state index in [1.54, 1.807) is 12.1 Å². The predicted octanol–water partition coefficient (Wildman–Crippen LogP) is 3.22. The Morgan fingerprint density at radius 1 is 1.22 bits per heavy atom. The summed E-state index contributed by atoms with van der Waals surface area (Å²) in [6.45, 7) is 5.88. The van der Waals surface area contributed by atoms with Gasteiger partial charge in [0.15, 0.2) is 0 Å². The second kappa shape index (κ2) is 8.74.